The van der Waals surface area contributed by atoms with Crippen LogP contribution in [0.3, 0.4) is 0 Å². The van der Waals surface area contributed by atoms with E-state index in [2.05, 4.69) is 87.5 Å². The number of nitrogens with zero attached hydrogens (tertiary/aromatic N) is 4. The van der Waals surface area contributed by atoms with Crippen molar-refractivity contribution in [1.29, 1.82) is 0 Å². The lowest BCUT2D eigenvalue weighted by molar-refractivity contribution is -1.02. The molecule has 5 saturated heterocycles. The summed E-state index contributed by atoms with van der Waals surface area (Å²) in [6, 6.07) is 33.9. The Morgan fingerprint density at radius 2 is 1.38 bits per heavy atom. The minimum Gasteiger partial charge on any atom is -0.507 e. The van der Waals surface area contributed by atoms with Crippen LogP contribution < -0.4 is 4.74 Å². The van der Waals surface area contributed by atoms with Gasteiger partial charge in [0.15, 0.2) is 6.17 Å². The third kappa shape index (κ3) is 4.03. The van der Waals surface area contributed by atoms with Gasteiger partial charge in [0.2, 0.25) is 0 Å². The normalized spacial score (nSPS) is 33.6. The van der Waals surface area contributed by atoms with Gasteiger partial charge in [-0.1, -0.05) is 91.0 Å². The van der Waals surface area contributed by atoms with Crippen molar-refractivity contribution in [3.63, 3.8) is 0 Å². The van der Waals surface area contributed by atoms with Crippen molar-refractivity contribution in [2.45, 2.75) is 49.4 Å². The monoisotopic (exact) mass is 619 g/mol. The Morgan fingerprint density at radius 1 is 0.689 bits per heavy atom. The second-order valence-electron chi connectivity index (χ2n) is 13.5. The Hall–Kier alpha value is -3.39. The average Bonchev–Trinajstić information content (AvgIpc) is 3.28. The van der Waals surface area contributed by atoms with Crippen molar-refractivity contribution in [3.05, 3.63) is 108 Å². The molecule has 230 valence electrons. The van der Waals surface area contributed by atoms with Crippen molar-refractivity contribution in [2.24, 2.45) is 0 Å². The molecule has 6 unspecified atom stereocenters. The van der Waals surface area contributed by atoms with Gasteiger partial charge >= 0.3 is 5.31 Å². The minimum absolute atomic E-state index is 0.130. The molecule has 4 aromatic rings. The molecule has 4 aromatic carbocycles. The van der Waals surface area contributed by atoms with E-state index in [9.17, 15) is 5.11 Å². The van der Waals surface area contributed by atoms with Gasteiger partial charge < -0.3 is 9.84 Å². The number of fused-ring (bicyclic) bond motifs is 5. The number of phenolic OH excluding ortho intramolecular Hbond substituents is 1. The first kappa shape index (κ1) is 27.9. The molecule has 10 rings (SSSR count). The SMILES string of the molecule is Oc1c(-c2ccccc2)cccc1C1N2CCCC(CC2)N1[C@]1(Cl)Oc2c(-c3ccccc3)cccc2C2N3CCC[N+]21CC3. The van der Waals surface area contributed by atoms with E-state index in [1.165, 1.54) is 5.56 Å². The molecule has 5 fully saturated rings. The number of aromatic hydroxyl groups is 1. The maximum atomic E-state index is 12.1. The maximum absolute atomic E-state index is 12.1. The molecule has 6 nitrogen and oxygen atoms in total. The highest BCUT2D eigenvalue weighted by Gasteiger charge is 2.72. The molecular weight excluding hydrogens is 580 g/mol. The number of benzene rings is 4. The van der Waals surface area contributed by atoms with E-state index in [0.29, 0.717) is 10.2 Å². The molecule has 7 atom stereocenters. The first-order valence-electron chi connectivity index (χ1n) is 16.7. The highest BCUT2D eigenvalue weighted by Crippen LogP contribution is 2.61. The van der Waals surface area contributed by atoms with Gasteiger partial charge in [0.05, 0.1) is 25.2 Å². The zero-order valence-electron chi connectivity index (χ0n) is 25.6. The van der Waals surface area contributed by atoms with Crippen LogP contribution in [0.15, 0.2) is 97.1 Å². The van der Waals surface area contributed by atoms with Crippen molar-refractivity contribution in [1.82, 2.24) is 14.7 Å². The van der Waals surface area contributed by atoms with Crippen molar-refractivity contribution in [2.75, 3.05) is 39.3 Å². The summed E-state index contributed by atoms with van der Waals surface area (Å²) >= 11 is 8.36. The van der Waals surface area contributed by atoms with Crippen LogP contribution in [0, 0.1) is 0 Å². The Balaban J connectivity index is 1.26. The topological polar surface area (TPSA) is 39.2 Å². The van der Waals surface area contributed by atoms with Gasteiger partial charge in [0.25, 0.3) is 0 Å². The van der Waals surface area contributed by atoms with E-state index in [4.69, 9.17) is 16.3 Å². The molecule has 0 aliphatic carbocycles. The lowest BCUT2D eigenvalue weighted by Crippen LogP contribution is -2.77. The first-order valence-corrected chi connectivity index (χ1v) is 17.0. The van der Waals surface area contributed by atoms with Gasteiger partial charge in [-0.25, -0.2) is 9.38 Å². The minimum atomic E-state index is -1.15. The van der Waals surface area contributed by atoms with Crippen molar-refractivity contribution < 1.29 is 14.3 Å². The van der Waals surface area contributed by atoms with Crippen LogP contribution in [0.25, 0.3) is 22.3 Å². The van der Waals surface area contributed by atoms with Crippen LogP contribution in [0.2, 0.25) is 0 Å². The van der Waals surface area contributed by atoms with Gasteiger partial charge in [-0.2, -0.15) is 4.90 Å². The van der Waals surface area contributed by atoms with Gasteiger partial charge in [0.1, 0.15) is 17.7 Å². The van der Waals surface area contributed by atoms with Crippen LogP contribution in [0.5, 0.6) is 11.5 Å². The highest BCUT2D eigenvalue weighted by atomic mass is 35.5. The number of rotatable bonds is 4. The van der Waals surface area contributed by atoms with Crippen LogP contribution in [0.4, 0.5) is 0 Å². The summed E-state index contributed by atoms with van der Waals surface area (Å²) in [7, 11) is 0. The molecule has 1 N–H and O–H groups in total. The molecule has 0 radical (unpaired) electrons. The number of para-hydroxylation sites is 2. The van der Waals surface area contributed by atoms with Gasteiger partial charge in [-0.05, 0) is 36.5 Å². The molecule has 7 heteroatoms. The second kappa shape index (κ2) is 10.6. The summed E-state index contributed by atoms with van der Waals surface area (Å²) in [5.41, 5.74) is 6.26. The number of halogens is 1. The summed E-state index contributed by atoms with van der Waals surface area (Å²) in [5.74, 6) is 1.24. The third-order valence-corrected chi connectivity index (χ3v) is 11.9. The van der Waals surface area contributed by atoms with Crippen LogP contribution in [0.1, 0.15) is 49.1 Å². The summed E-state index contributed by atoms with van der Waals surface area (Å²) in [6.07, 6.45) is 4.21. The standard InChI is InChI=1S/C38H39ClN4O2/c39-38(42-29-15-9-21-40(23-20-29)36(42)32-18-7-16-30(34(32)44)27-11-3-1-4-12-27)43-25-10-22-41(24-26-43)37(43)33-19-8-17-31(35(33)45-38)28-13-5-2-6-14-28/h1-8,11-14,16-19,29,36-37H,9-10,15,20-26H2/p+1/t29?,36?,37?,38-,43?/m0/s1. The molecule has 0 saturated carbocycles. The second-order valence-corrected chi connectivity index (χ2v) is 14.0. The summed E-state index contributed by atoms with van der Waals surface area (Å²) in [6.45, 7) is 5.93. The molecule has 45 heavy (non-hydrogen) atoms. The van der Waals surface area contributed by atoms with Crippen LogP contribution in [-0.4, -0.2) is 74.9 Å². The number of hydrogen-bond donors (Lipinski definition) is 1. The molecule has 0 aromatic heterocycles. The first-order chi connectivity index (χ1) is 22.1. The fourth-order valence-corrected chi connectivity index (χ4v) is 9.91. The number of ether oxygens (including phenoxy) is 1. The summed E-state index contributed by atoms with van der Waals surface area (Å²) in [5, 5.41) is 10.9. The third-order valence-electron chi connectivity index (χ3n) is 11.3. The van der Waals surface area contributed by atoms with E-state index < -0.39 is 5.31 Å². The zero-order valence-corrected chi connectivity index (χ0v) is 26.3. The zero-order chi connectivity index (χ0) is 30.2. The molecule has 0 spiro atoms. The maximum Gasteiger partial charge on any atom is 0.395 e. The predicted octanol–water partition coefficient (Wildman–Crippen LogP) is 7.37. The largest absolute Gasteiger partial charge is 0.507 e. The van der Waals surface area contributed by atoms with E-state index in [1.807, 2.05) is 24.3 Å². The number of alkyl halides is 1. The van der Waals surface area contributed by atoms with Gasteiger partial charge in [0, 0.05) is 60.4 Å². The van der Waals surface area contributed by atoms with Crippen molar-refractivity contribution >= 4 is 11.6 Å². The lowest BCUT2D eigenvalue weighted by Gasteiger charge is -2.61. The fraction of sp³-hybridized carbons (Fsp3) is 0.368. The molecule has 4 bridgehead atoms. The fourth-order valence-electron chi connectivity index (χ4n) is 9.34. The van der Waals surface area contributed by atoms with E-state index in [-0.39, 0.29) is 18.4 Å². The Labute approximate surface area is 270 Å². The number of hydrogen-bond acceptors (Lipinski definition) is 5. The molecular formula is C38H40ClN4O2+. The van der Waals surface area contributed by atoms with Crippen LogP contribution >= 0.6 is 11.6 Å². The Bertz CT molecular complexity index is 1730. The molecule has 6 aliphatic rings. The average molecular weight is 620 g/mol. The number of phenols is 1. The van der Waals surface area contributed by atoms with Gasteiger partial charge in [-0.15, -0.1) is 0 Å². The molecule has 0 amide bonds. The Kier molecular flexibility index (Phi) is 6.55. The molecule has 6 aliphatic heterocycles. The highest BCUT2D eigenvalue weighted by molar-refractivity contribution is 6.22. The number of quaternary nitrogens is 1. The Morgan fingerprint density at radius 3 is 2.16 bits per heavy atom. The van der Waals surface area contributed by atoms with Crippen molar-refractivity contribution in [3.8, 4) is 33.8 Å². The van der Waals surface area contributed by atoms with Crippen LogP contribution in [-0.2, 0) is 0 Å². The smallest absolute Gasteiger partial charge is 0.395 e. The lowest BCUT2D eigenvalue weighted by atomic mass is 9.94. The quantitative estimate of drug-likeness (QED) is 0.147. The van der Waals surface area contributed by atoms with E-state index in [0.717, 1.165) is 98.5 Å². The predicted molar refractivity (Wildman–Crippen MR) is 177 cm³/mol. The summed E-state index contributed by atoms with van der Waals surface area (Å²) in [4.78, 5) is 7.71. The van der Waals surface area contributed by atoms with E-state index >= 15 is 0 Å². The van der Waals surface area contributed by atoms with E-state index in [1.54, 1.807) is 0 Å². The van der Waals surface area contributed by atoms with Gasteiger partial charge in [-0.3, -0.25) is 4.90 Å². The molecule has 6 heterocycles. The summed E-state index contributed by atoms with van der Waals surface area (Å²) < 4.78 is 8.14.